The Labute approximate surface area is 128 Å². The molecule has 2 nitrogen and oxygen atoms in total. The van der Waals surface area contributed by atoms with Crippen molar-refractivity contribution in [3.05, 3.63) is 64.7 Å². The Kier molecular flexibility index (Phi) is 5.82. The summed E-state index contributed by atoms with van der Waals surface area (Å²) in [6.07, 6.45) is 1.16. The van der Waals surface area contributed by atoms with Crippen LogP contribution in [0.2, 0.25) is 0 Å². The summed E-state index contributed by atoms with van der Waals surface area (Å²) in [6.45, 7) is 9.01. The van der Waals surface area contributed by atoms with Crippen LogP contribution >= 0.6 is 0 Å². The van der Waals surface area contributed by atoms with Crippen molar-refractivity contribution < 1.29 is 4.74 Å². The second-order valence-corrected chi connectivity index (χ2v) is 5.53. The molecule has 21 heavy (non-hydrogen) atoms. The molecule has 0 aliphatic heterocycles. The van der Waals surface area contributed by atoms with Crippen molar-refractivity contribution in [3.63, 3.8) is 0 Å². The van der Waals surface area contributed by atoms with Crippen molar-refractivity contribution in [2.75, 3.05) is 6.54 Å². The zero-order valence-electron chi connectivity index (χ0n) is 13.3. The molecule has 0 radical (unpaired) electrons. The number of benzene rings is 2. The molecular formula is C19H25NO. The molecule has 0 aliphatic rings. The van der Waals surface area contributed by atoms with Crippen LogP contribution in [0.3, 0.4) is 0 Å². The molecule has 0 bridgehead atoms. The lowest BCUT2D eigenvalue weighted by Crippen LogP contribution is -2.13. The largest absolute Gasteiger partial charge is 0.489 e. The Morgan fingerprint density at radius 3 is 2.57 bits per heavy atom. The highest BCUT2D eigenvalue weighted by molar-refractivity contribution is 5.31. The second kappa shape index (κ2) is 7.84. The molecule has 0 atom stereocenters. The van der Waals surface area contributed by atoms with Gasteiger partial charge in [-0.25, -0.2) is 0 Å². The minimum atomic E-state index is 0.618. The average molecular weight is 283 g/mol. The summed E-state index contributed by atoms with van der Waals surface area (Å²) in [5.41, 5.74) is 5.12. The summed E-state index contributed by atoms with van der Waals surface area (Å²) in [5.74, 6) is 0.934. The van der Waals surface area contributed by atoms with E-state index in [4.69, 9.17) is 4.74 Å². The second-order valence-electron chi connectivity index (χ2n) is 5.53. The SMILES string of the molecule is CCCNCc1cccc(OCc2ccc(C)c(C)c2)c1. The van der Waals surface area contributed by atoms with Crippen LogP contribution in [0.4, 0.5) is 0 Å². The molecule has 0 unspecified atom stereocenters. The average Bonchev–Trinajstić information content (AvgIpc) is 2.49. The molecule has 1 N–H and O–H groups in total. The first-order valence-electron chi connectivity index (χ1n) is 7.67. The van der Waals surface area contributed by atoms with Crippen molar-refractivity contribution in [3.8, 4) is 5.75 Å². The van der Waals surface area contributed by atoms with Gasteiger partial charge in [0.05, 0.1) is 0 Å². The van der Waals surface area contributed by atoms with E-state index in [0.717, 1.165) is 25.3 Å². The van der Waals surface area contributed by atoms with Gasteiger partial charge in [-0.2, -0.15) is 0 Å². The number of aryl methyl sites for hydroxylation is 2. The molecule has 0 saturated carbocycles. The number of nitrogens with one attached hydrogen (secondary N) is 1. The predicted molar refractivity (Wildman–Crippen MR) is 88.7 cm³/mol. The van der Waals surface area contributed by atoms with E-state index in [-0.39, 0.29) is 0 Å². The van der Waals surface area contributed by atoms with Gasteiger partial charge in [0.25, 0.3) is 0 Å². The Bertz CT molecular complexity index is 578. The highest BCUT2D eigenvalue weighted by Gasteiger charge is 2.00. The summed E-state index contributed by atoms with van der Waals surface area (Å²) in [6, 6.07) is 14.8. The van der Waals surface area contributed by atoms with Crippen LogP contribution in [-0.4, -0.2) is 6.54 Å². The van der Waals surface area contributed by atoms with Crippen molar-refractivity contribution >= 4 is 0 Å². The number of hydrogen-bond donors (Lipinski definition) is 1. The van der Waals surface area contributed by atoms with Gasteiger partial charge in [-0.15, -0.1) is 0 Å². The van der Waals surface area contributed by atoms with E-state index in [1.54, 1.807) is 0 Å². The fraction of sp³-hybridized carbons (Fsp3) is 0.368. The van der Waals surface area contributed by atoms with E-state index in [1.165, 1.54) is 22.3 Å². The van der Waals surface area contributed by atoms with E-state index in [2.05, 4.69) is 62.5 Å². The van der Waals surface area contributed by atoms with Crippen molar-refractivity contribution in [1.29, 1.82) is 0 Å². The lowest BCUT2D eigenvalue weighted by atomic mass is 10.1. The molecule has 0 aliphatic carbocycles. The standard InChI is InChI=1S/C19H25NO/c1-4-10-20-13-17-6-5-7-19(12-17)21-14-18-9-8-15(2)16(3)11-18/h5-9,11-12,20H,4,10,13-14H2,1-3H3. The van der Waals surface area contributed by atoms with Gasteiger partial charge in [0.2, 0.25) is 0 Å². The van der Waals surface area contributed by atoms with Crippen LogP contribution in [0.25, 0.3) is 0 Å². The van der Waals surface area contributed by atoms with Gasteiger partial charge in [-0.1, -0.05) is 37.3 Å². The number of ether oxygens (including phenoxy) is 1. The molecule has 112 valence electrons. The summed E-state index contributed by atoms with van der Waals surface area (Å²) in [4.78, 5) is 0. The molecule has 0 saturated heterocycles. The highest BCUT2D eigenvalue weighted by Crippen LogP contribution is 2.16. The van der Waals surface area contributed by atoms with Crippen LogP contribution in [0, 0.1) is 13.8 Å². The Morgan fingerprint density at radius 1 is 0.952 bits per heavy atom. The molecular weight excluding hydrogens is 258 g/mol. The Hall–Kier alpha value is -1.80. The first-order valence-corrected chi connectivity index (χ1v) is 7.67. The molecule has 0 aromatic heterocycles. The first-order chi connectivity index (χ1) is 10.2. The summed E-state index contributed by atoms with van der Waals surface area (Å²) in [5, 5.41) is 3.41. The van der Waals surface area contributed by atoms with Crippen molar-refractivity contribution in [1.82, 2.24) is 5.32 Å². The topological polar surface area (TPSA) is 21.3 Å². The fourth-order valence-electron chi connectivity index (χ4n) is 2.21. The lowest BCUT2D eigenvalue weighted by Gasteiger charge is -2.10. The predicted octanol–water partition coefficient (Wildman–Crippen LogP) is 4.38. The maximum absolute atomic E-state index is 5.91. The lowest BCUT2D eigenvalue weighted by molar-refractivity contribution is 0.305. The third kappa shape index (κ3) is 4.91. The molecule has 2 rings (SSSR count). The molecule has 2 aromatic carbocycles. The van der Waals surface area contributed by atoms with Crippen LogP contribution in [-0.2, 0) is 13.2 Å². The zero-order valence-corrected chi connectivity index (χ0v) is 13.3. The summed E-state index contributed by atoms with van der Waals surface area (Å²) < 4.78 is 5.91. The van der Waals surface area contributed by atoms with E-state index < -0.39 is 0 Å². The minimum absolute atomic E-state index is 0.618. The normalized spacial score (nSPS) is 10.6. The van der Waals surface area contributed by atoms with Crippen molar-refractivity contribution in [2.24, 2.45) is 0 Å². The van der Waals surface area contributed by atoms with Gasteiger partial charge in [0.1, 0.15) is 12.4 Å². The van der Waals surface area contributed by atoms with Gasteiger partial charge in [0, 0.05) is 6.54 Å². The molecule has 0 spiro atoms. The van der Waals surface area contributed by atoms with Crippen LogP contribution in [0.15, 0.2) is 42.5 Å². The first kappa shape index (κ1) is 15.6. The quantitative estimate of drug-likeness (QED) is 0.761. The van der Waals surface area contributed by atoms with Gasteiger partial charge in [0.15, 0.2) is 0 Å². The van der Waals surface area contributed by atoms with E-state index in [1.807, 2.05) is 6.07 Å². The van der Waals surface area contributed by atoms with Crippen molar-refractivity contribution in [2.45, 2.75) is 40.3 Å². The molecule has 0 fully saturated rings. The molecule has 2 aromatic rings. The van der Waals surface area contributed by atoms with E-state index >= 15 is 0 Å². The summed E-state index contributed by atoms with van der Waals surface area (Å²) in [7, 11) is 0. The smallest absolute Gasteiger partial charge is 0.120 e. The third-order valence-electron chi connectivity index (χ3n) is 3.63. The van der Waals surface area contributed by atoms with Gasteiger partial charge >= 0.3 is 0 Å². The molecule has 2 heteroatoms. The van der Waals surface area contributed by atoms with Crippen LogP contribution < -0.4 is 10.1 Å². The number of rotatable bonds is 7. The highest BCUT2D eigenvalue weighted by atomic mass is 16.5. The Morgan fingerprint density at radius 2 is 1.81 bits per heavy atom. The van der Waals surface area contributed by atoms with Gasteiger partial charge in [-0.3, -0.25) is 0 Å². The van der Waals surface area contributed by atoms with E-state index in [9.17, 15) is 0 Å². The molecule has 0 heterocycles. The van der Waals surface area contributed by atoms with Gasteiger partial charge in [-0.05, 0) is 61.2 Å². The van der Waals surface area contributed by atoms with Crippen LogP contribution in [0.5, 0.6) is 5.75 Å². The maximum Gasteiger partial charge on any atom is 0.120 e. The maximum atomic E-state index is 5.91. The number of hydrogen-bond acceptors (Lipinski definition) is 2. The zero-order chi connectivity index (χ0) is 15.1. The van der Waals surface area contributed by atoms with Gasteiger partial charge < -0.3 is 10.1 Å². The molecule has 0 amide bonds. The van der Waals surface area contributed by atoms with Crippen LogP contribution in [0.1, 0.15) is 35.6 Å². The summed E-state index contributed by atoms with van der Waals surface area (Å²) >= 11 is 0. The Balaban J connectivity index is 1.93. The fourth-order valence-corrected chi connectivity index (χ4v) is 2.21. The minimum Gasteiger partial charge on any atom is -0.489 e. The monoisotopic (exact) mass is 283 g/mol. The third-order valence-corrected chi connectivity index (χ3v) is 3.63. The van der Waals surface area contributed by atoms with E-state index in [0.29, 0.717) is 6.61 Å².